The van der Waals surface area contributed by atoms with Crippen LogP contribution in [0, 0.1) is 5.92 Å². The maximum Gasteiger partial charge on any atom is 0.194 e. The molecule has 0 amide bonds. The number of hydrogen-bond acceptors (Lipinski definition) is 6. The monoisotopic (exact) mass is 441 g/mol. The van der Waals surface area contributed by atoms with Crippen LogP contribution in [-0.4, -0.2) is 85.2 Å². The van der Waals surface area contributed by atoms with Crippen LogP contribution in [-0.2, 0) is 17.7 Å². The van der Waals surface area contributed by atoms with Crippen LogP contribution >= 0.6 is 0 Å². The SMILES string of the molecule is CCc1nncn1CCNC(=NCC1CCOC1)N1CCN(c2ccc(OC)cc2)CC1. The average molecular weight is 442 g/mol. The minimum Gasteiger partial charge on any atom is -0.497 e. The van der Waals surface area contributed by atoms with Gasteiger partial charge in [-0.2, -0.15) is 0 Å². The van der Waals surface area contributed by atoms with Gasteiger partial charge in [0.05, 0.1) is 13.7 Å². The third-order valence-electron chi connectivity index (χ3n) is 6.19. The second kappa shape index (κ2) is 11.2. The predicted octanol–water partition coefficient (Wildman–Crippen LogP) is 1.65. The summed E-state index contributed by atoms with van der Waals surface area (Å²) in [5, 5.41) is 11.8. The molecule has 0 aliphatic carbocycles. The van der Waals surface area contributed by atoms with Gasteiger partial charge in [0, 0.05) is 70.4 Å². The third-order valence-corrected chi connectivity index (χ3v) is 6.19. The van der Waals surface area contributed by atoms with Gasteiger partial charge in [-0.1, -0.05) is 6.92 Å². The molecule has 2 aromatic rings. The van der Waals surface area contributed by atoms with E-state index in [0.717, 1.165) is 89.4 Å². The first kappa shape index (κ1) is 22.4. The predicted molar refractivity (Wildman–Crippen MR) is 125 cm³/mol. The lowest BCUT2D eigenvalue weighted by Crippen LogP contribution is -2.53. The zero-order chi connectivity index (χ0) is 22.2. The Morgan fingerprint density at radius 3 is 2.72 bits per heavy atom. The van der Waals surface area contributed by atoms with Crippen LogP contribution in [0.4, 0.5) is 5.69 Å². The van der Waals surface area contributed by atoms with Crippen LogP contribution < -0.4 is 15.0 Å². The molecule has 32 heavy (non-hydrogen) atoms. The lowest BCUT2D eigenvalue weighted by molar-refractivity contribution is 0.187. The maximum absolute atomic E-state index is 5.53. The number of piperazine rings is 1. The van der Waals surface area contributed by atoms with Crippen molar-refractivity contribution >= 4 is 11.6 Å². The van der Waals surface area contributed by atoms with E-state index in [1.807, 2.05) is 12.1 Å². The molecule has 9 nitrogen and oxygen atoms in total. The molecule has 1 N–H and O–H groups in total. The van der Waals surface area contributed by atoms with E-state index in [0.29, 0.717) is 5.92 Å². The number of aromatic nitrogens is 3. The molecule has 2 aliphatic rings. The number of nitrogens with zero attached hydrogens (tertiary/aromatic N) is 6. The van der Waals surface area contributed by atoms with Crippen molar-refractivity contribution in [3.8, 4) is 5.75 Å². The van der Waals surface area contributed by atoms with Crippen molar-refractivity contribution in [3.63, 3.8) is 0 Å². The van der Waals surface area contributed by atoms with Gasteiger partial charge >= 0.3 is 0 Å². The molecule has 3 heterocycles. The number of anilines is 1. The summed E-state index contributed by atoms with van der Waals surface area (Å²) in [4.78, 5) is 9.78. The number of rotatable bonds is 8. The zero-order valence-corrected chi connectivity index (χ0v) is 19.2. The molecule has 0 bridgehead atoms. The first-order chi connectivity index (χ1) is 15.8. The summed E-state index contributed by atoms with van der Waals surface area (Å²) in [6, 6.07) is 8.31. The second-order valence-corrected chi connectivity index (χ2v) is 8.29. The van der Waals surface area contributed by atoms with Crippen LogP contribution in [0.1, 0.15) is 19.2 Å². The molecule has 1 unspecified atom stereocenters. The first-order valence-corrected chi connectivity index (χ1v) is 11.6. The Balaban J connectivity index is 1.35. The van der Waals surface area contributed by atoms with E-state index in [1.54, 1.807) is 13.4 Å². The van der Waals surface area contributed by atoms with Crippen molar-refractivity contribution in [2.75, 3.05) is 64.5 Å². The Morgan fingerprint density at radius 2 is 2.03 bits per heavy atom. The summed E-state index contributed by atoms with van der Waals surface area (Å²) in [6.45, 7) is 10.0. The van der Waals surface area contributed by atoms with Crippen molar-refractivity contribution in [3.05, 3.63) is 36.4 Å². The van der Waals surface area contributed by atoms with Gasteiger partial charge in [0.2, 0.25) is 0 Å². The zero-order valence-electron chi connectivity index (χ0n) is 19.2. The average Bonchev–Trinajstić information content (AvgIpc) is 3.53. The summed E-state index contributed by atoms with van der Waals surface area (Å²) in [7, 11) is 1.70. The molecule has 1 aromatic carbocycles. The van der Waals surface area contributed by atoms with Crippen molar-refractivity contribution < 1.29 is 9.47 Å². The van der Waals surface area contributed by atoms with E-state index in [2.05, 4.69) is 48.9 Å². The number of ether oxygens (including phenoxy) is 2. The molecule has 1 aromatic heterocycles. The van der Waals surface area contributed by atoms with E-state index in [4.69, 9.17) is 14.5 Å². The van der Waals surface area contributed by atoms with Gasteiger partial charge in [-0.05, 0) is 30.7 Å². The van der Waals surface area contributed by atoms with Crippen LogP contribution in [0.3, 0.4) is 0 Å². The van der Waals surface area contributed by atoms with Gasteiger partial charge in [0.1, 0.15) is 17.9 Å². The molecule has 4 rings (SSSR count). The van der Waals surface area contributed by atoms with Crippen molar-refractivity contribution in [1.29, 1.82) is 0 Å². The fourth-order valence-electron chi connectivity index (χ4n) is 4.21. The second-order valence-electron chi connectivity index (χ2n) is 8.29. The minimum atomic E-state index is 0.525. The lowest BCUT2D eigenvalue weighted by atomic mass is 10.1. The summed E-state index contributed by atoms with van der Waals surface area (Å²) in [5.74, 6) is 3.43. The number of methoxy groups -OCH3 is 1. The summed E-state index contributed by atoms with van der Waals surface area (Å²) in [5.41, 5.74) is 1.24. The normalized spacial score (nSPS) is 19.4. The van der Waals surface area contributed by atoms with Crippen LogP contribution in [0.25, 0.3) is 0 Å². The van der Waals surface area contributed by atoms with Crippen molar-refractivity contribution in [1.82, 2.24) is 25.0 Å². The Labute approximate surface area is 190 Å². The summed E-state index contributed by atoms with van der Waals surface area (Å²) >= 11 is 0. The molecule has 2 saturated heterocycles. The van der Waals surface area contributed by atoms with Gasteiger partial charge < -0.3 is 29.2 Å². The molecule has 0 radical (unpaired) electrons. The molecule has 0 saturated carbocycles. The van der Waals surface area contributed by atoms with Crippen molar-refractivity contribution in [2.24, 2.45) is 10.9 Å². The Kier molecular flexibility index (Phi) is 7.82. The van der Waals surface area contributed by atoms with Crippen LogP contribution in [0.2, 0.25) is 0 Å². The fraction of sp³-hybridized carbons (Fsp3) is 0.609. The van der Waals surface area contributed by atoms with Gasteiger partial charge in [-0.15, -0.1) is 10.2 Å². The van der Waals surface area contributed by atoms with E-state index < -0.39 is 0 Å². The smallest absolute Gasteiger partial charge is 0.194 e. The Morgan fingerprint density at radius 1 is 1.22 bits per heavy atom. The Hall–Kier alpha value is -2.81. The molecule has 2 aliphatic heterocycles. The number of guanidine groups is 1. The quantitative estimate of drug-likeness (QED) is 0.493. The number of aryl methyl sites for hydroxylation is 1. The molecular formula is C23H35N7O2. The summed E-state index contributed by atoms with van der Waals surface area (Å²) < 4.78 is 12.9. The highest BCUT2D eigenvalue weighted by atomic mass is 16.5. The highest BCUT2D eigenvalue weighted by Crippen LogP contribution is 2.20. The molecule has 174 valence electrons. The van der Waals surface area contributed by atoms with E-state index in [-0.39, 0.29) is 0 Å². The molecule has 0 spiro atoms. The van der Waals surface area contributed by atoms with E-state index in [9.17, 15) is 0 Å². The topological polar surface area (TPSA) is 80.0 Å². The number of hydrogen-bond donors (Lipinski definition) is 1. The largest absolute Gasteiger partial charge is 0.497 e. The van der Waals surface area contributed by atoms with E-state index in [1.165, 1.54) is 5.69 Å². The van der Waals surface area contributed by atoms with Gasteiger partial charge in [0.15, 0.2) is 5.96 Å². The first-order valence-electron chi connectivity index (χ1n) is 11.6. The number of benzene rings is 1. The number of aliphatic imine (C=N–C) groups is 1. The molecule has 9 heteroatoms. The highest BCUT2D eigenvalue weighted by Gasteiger charge is 2.21. The number of nitrogens with one attached hydrogen (secondary N) is 1. The molecular weight excluding hydrogens is 406 g/mol. The summed E-state index contributed by atoms with van der Waals surface area (Å²) in [6.07, 6.45) is 3.79. The van der Waals surface area contributed by atoms with Gasteiger partial charge in [-0.25, -0.2) is 0 Å². The van der Waals surface area contributed by atoms with E-state index >= 15 is 0 Å². The lowest BCUT2D eigenvalue weighted by Gasteiger charge is -2.38. The van der Waals surface area contributed by atoms with Crippen LogP contribution in [0.5, 0.6) is 5.75 Å². The van der Waals surface area contributed by atoms with Crippen LogP contribution in [0.15, 0.2) is 35.6 Å². The van der Waals surface area contributed by atoms with Crippen molar-refractivity contribution in [2.45, 2.75) is 26.3 Å². The maximum atomic E-state index is 5.53. The standard InChI is InChI=1S/C23H35N7O2/c1-3-22-27-26-18-30(22)10-9-24-23(25-16-19-8-15-32-17-19)29-13-11-28(12-14-29)20-4-6-21(31-2)7-5-20/h4-7,18-19H,3,8-17H2,1-2H3,(H,24,25). The Bertz CT molecular complexity index is 853. The molecule has 1 atom stereocenters. The van der Waals surface area contributed by atoms with Gasteiger partial charge in [-0.3, -0.25) is 4.99 Å². The third kappa shape index (κ3) is 5.70. The minimum absolute atomic E-state index is 0.525. The van der Waals surface area contributed by atoms with Gasteiger partial charge in [0.25, 0.3) is 0 Å². The fourth-order valence-corrected chi connectivity index (χ4v) is 4.21. The highest BCUT2D eigenvalue weighted by molar-refractivity contribution is 5.80. The molecule has 2 fully saturated rings.